The normalized spacial score (nSPS) is 31.8. The molecule has 2 atom stereocenters. The molecule has 0 aromatic carbocycles. The summed E-state index contributed by atoms with van der Waals surface area (Å²) in [5, 5.41) is 0. The summed E-state index contributed by atoms with van der Waals surface area (Å²) in [6, 6.07) is 0. The lowest BCUT2D eigenvalue weighted by atomic mass is 10.0. The van der Waals surface area contributed by atoms with Gasteiger partial charge in [0, 0.05) is 12.5 Å². The zero-order valence-electron chi connectivity index (χ0n) is 7.32. The fraction of sp³-hybridized carbons (Fsp3) is 1.00. The van der Waals surface area contributed by atoms with E-state index in [-0.39, 0.29) is 12.0 Å². The lowest BCUT2D eigenvalue weighted by Crippen LogP contribution is -2.33. The van der Waals surface area contributed by atoms with Crippen LogP contribution < -0.4 is 0 Å². The summed E-state index contributed by atoms with van der Waals surface area (Å²) in [6.45, 7) is 3.10. The summed E-state index contributed by atoms with van der Waals surface area (Å²) in [5.41, 5.74) is 0. The first kappa shape index (κ1) is 9.95. The van der Waals surface area contributed by atoms with E-state index in [2.05, 4.69) is 0 Å². The number of rotatable bonds is 2. The zero-order chi connectivity index (χ0) is 9.19. The van der Waals surface area contributed by atoms with Gasteiger partial charge in [-0.3, -0.25) is 4.18 Å². The van der Waals surface area contributed by atoms with Crippen molar-refractivity contribution in [3.63, 3.8) is 0 Å². The highest BCUT2D eigenvalue weighted by Crippen LogP contribution is 2.18. The van der Waals surface area contributed by atoms with E-state index >= 15 is 0 Å². The molecule has 0 spiro atoms. The van der Waals surface area contributed by atoms with E-state index in [4.69, 9.17) is 8.92 Å². The Morgan fingerprint density at radius 1 is 1.50 bits per heavy atom. The quantitative estimate of drug-likeness (QED) is 0.597. The molecule has 0 amide bonds. The maximum Gasteiger partial charge on any atom is 0.264 e. The van der Waals surface area contributed by atoms with Crippen molar-refractivity contribution in [1.82, 2.24) is 0 Å². The van der Waals surface area contributed by atoms with Crippen molar-refractivity contribution in [1.29, 1.82) is 0 Å². The molecule has 0 saturated carbocycles. The monoisotopic (exact) mass is 194 g/mol. The molecule has 72 valence electrons. The van der Waals surface area contributed by atoms with Crippen LogP contribution in [0.1, 0.15) is 13.3 Å². The van der Waals surface area contributed by atoms with Gasteiger partial charge in [0.05, 0.1) is 19.0 Å². The van der Waals surface area contributed by atoms with Crippen molar-refractivity contribution < 1.29 is 17.3 Å². The van der Waals surface area contributed by atoms with Crippen LogP contribution in [0.5, 0.6) is 0 Å². The van der Waals surface area contributed by atoms with Crippen molar-refractivity contribution in [2.75, 3.05) is 19.5 Å². The second-order valence-electron chi connectivity index (χ2n) is 3.18. The van der Waals surface area contributed by atoms with Gasteiger partial charge in [-0.05, 0) is 6.42 Å². The molecule has 0 unspecified atom stereocenters. The molecule has 1 aliphatic rings. The summed E-state index contributed by atoms with van der Waals surface area (Å²) in [5.74, 6) is 0.161. The van der Waals surface area contributed by atoms with E-state index in [0.29, 0.717) is 19.6 Å². The Labute approximate surface area is 73.0 Å². The van der Waals surface area contributed by atoms with Crippen molar-refractivity contribution in [2.45, 2.75) is 19.4 Å². The van der Waals surface area contributed by atoms with Gasteiger partial charge in [0.15, 0.2) is 0 Å². The second kappa shape index (κ2) is 3.72. The Kier molecular flexibility index (Phi) is 3.09. The van der Waals surface area contributed by atoms with Crippen LogP contribution in [0.25, 0.3) is 0 Å². The molecule has 0 radical (unpaired) electrons. The summed E-state index contributed by atoms with van der Waals surface area (Å²) >= 11 is 0. The average Bonchev–Trinajstić information content (AvgIpc) is 1.91. The maximum atomic E-state index is 10.8. The number of hydrogen-bond donors (Lipinski definition) is 0. The molecule has 1 saturated heterocycles. The average molecular weight is 194 g/mol. The standard InChI is InChI=1S/C7H14O4S/c1-6-5-10-4-3-7(6)11-12(2,8)9/h6-7H,3-5H2,1-2H3/t6-,7+/m0/s1. The molecule has 1 fully saturated rings. The largest absolute Gasteiger partial charge is 0.381 e. The van der Waals surface area contributed by atoms with Crippen molar-refractivity contribution in [2.24, 2.45) is 5.92 Å². The Bertz CT molecular complexity index is 234. The first-order chi connectivity index (χ1) is 5.49. The Morgan fingerprint density at radius 3 is 2.67 bits per heavy atom. The fourth-order valence-corrected chi connectivity index (χ4v) is 1.96. The van der Waals surface area contributed by atoms with Gasteiger partial charge >= 0.3 is 0 Å². The Morgan fingerprint density at radius 2 is 2.17 bits per heavy atom. The molecule has 4 nitrogen and oxygen atoms in total. The minimum absolute atomic E-state index is 0.161. The van der Waals surface area contributed by atoms with Crippen LogP contribution in [0.2, 0.25) is 0 Å². The van der Waals surface area contributed by atoms with Crippen molar-refractivity contribution in [3.05, 3.63) is 0 Å². The fourth-order valence-electron chi connectivity index (χ4n) is 1.23. The van der Waals surface area contributed by atoms with Gasteiger partial charge in [-0.1, -0.05) is 6.92 Å². The van der Waals surface area contributed by atoms with Crippen LogP contribution in [-0.2, 0) is 19.0 Å². The van der Waals surface area contributed by atoms with Crippen LogP contribution in [0.3, 0.4) is 0 Å². The van der Waals surface area contributed by atoms with Gasteiger partial charge in [0.2, 0.25) is 0 Å². The van der Waals surface area contributed by atoms with Crippen LogP contribution in [0.4, 0.5) is 0 Å². The first-order valence-electron chi connectivity index (χ1n) is 3.95. The lowest BCUT2D eigenvalue weighted by Gasteiger charge is -2.27. The molecule has 0 N–H and O–H groups in total. The van der Waals surface area contributed by atoms with Crippen LogP contribution in [0.15, 0.2) is 0 Å². The van der Waals surface area contributed by atoms with E-state index in [0.717, 1.165) is 6.26 Å². The molecule has 0 aliphatic carbocycles. The second-order valence-corrected chi connectivity index (χ2v) is 4.78. The highest BCUT2D eigenvalue weighted by atomic mass is 32.2. The molecule has 1 rings (SSSR count). The highest BCUT2D eigenvalue weighted by molar-refractivity contribution is 7.86. The zero-order valence-corrected chi connectivity index (χ0v) is 8.13. The smallest absolute Gasteiger partial charge is 0.264 e. The third-order valence-electron chi connectivity index (χ3n) is 1.86. The molecule has 1 aliphatic heterocycles. The third-order valence-corrected chi connectivity index (χ3v) is 2.46. The first-order valence-corrected chi connectivity index (χ1v) is 5.76. The molecule has 12 heavy (non-hydrogen) atoms. The van der Waals surface area contributed by atoms with Crippen LogP contribution >= 0.6 is 0 Å². The molecule has 1 heterocycles. The summed E-state index contributed by atoms with van der Waals surface area (Å²) in [4.78, 5) is 0. The highest BCUT2D eigenvalue weighted by Gasteiger charge is 2.25. The van der Waals surface area contributed by atoms with Crippen molar-refractivity contribution in [3.8, 4) is 0 Å². The number of ether oxygens (including phenoxy) is 1. The lowest BCUT2D eigenvalue weighted by molar-refractivity contribution is -0.0133. The predicted octanol–water partition coefficient (Wildman–Crippen LogP) is 0.388. The van der Waals surface area contributed by atoms with Gasteiger partial charge < -0.3 is 4.74 Å². The third kappa shape index (κ3) is 3.08. The van der Waals surface area contributed by atoms with Crippen molar-refractivity contribution >= 4 is 10.1 Å². The molecule has 0 aromatic heterocycles. The van der Waals surface area contributed by atoms with E-state index in [1.54, 1.807) is 0 Å². The van der Waals surface area contributed by atoms with Gasteiger partial charge in [-0.15, -0.1) is 0 Å². The molecular weight excluding hydrogens is 180 g/mol. The minimum Gasteiger partial charge on any atom is -0.381 e. The Hall–Kier alpha value is -0.130. The number of hydrogen-bond acceptors (Lipinski definition) is 4. The van der Waals surface area contributed by atoms with Crippen LogP contribution in [-0.4, -0.2) is 34.0 Å². The summed E-state index contributed by atoms with van der Waals surface area (Å²) in [7, 11) is -3.31. The van der Waals surface area contributed by atoms with Gasteiger partial charge in [-0.25, -0.2) is 0 Å². The summed E-state index contributed by atoms with van der Waals surface area (Å²) < 4.78 is 31.6. The molecular formula is C7H14O4S. The van der Waals surface area contributed by atoms with Crippen LogP contribution in [0, 0.1) is 5.92 Å². The van der Waals surface area contributed by atoms with Gasteiger partial charge in [-0.2, -0.15) is 8.42 Å². The Balaban J connectivity index is 2.50. The van der Waals surface area contributed by atoms with E-state index < -0.39 is 10.1 Å². The summed E-state index contributed by atoms with van der Waals surface area (Å²) in [6.07, 6.45) is 1.54. The molecule has 0 bridgehead atoms. The minimum atomic E-state index is -3.31. The van der Waals surface area contributed by atoms with Gasteiger partial charge in [0.25, 0.3) is 10.1 Å². The van der Waals surface area contributed by atoms with E-state index in [1.165, 1.54) is 0 Å². The van der Waals surface area contributed by atoms with E-state index in [9.17, 15) is 8.42 Å². The van der Waals surface area contributed by atoms with E-state index in [1.807, 2.05) is 6.92 Å². The predicted molar refractivity (Wildman–Crippen MR) is 44.3 cm³/mol. The maximum absolute atomic E-state index is 10.8. The molecule has 5 heteroatoms. The SMILES string of the molecule is C[C@H]1COCC[C@H]1OS(C)(=O)=O. The topological polar surface area (TPSA) is 52.6 Å². The molecule has 0 aromatic rings. The van der Waals surface area contributed by atoms with Gasteiger partial charge in [0.1, 0.15) is 0 Å².